The number of alkyl halides is 3. The van der Waals surface area contributed by atoms with Crippen LogP contribution in [0.4, 0.5) is 19.1 Å². The number of halogens is 3. The van der Waals surface area contributed by atoms with E-state index in [-0.39, 0.29) is 5.75 Å². The molecule has 2 aromatic carbocycles. The summed E-state index contributed by atoms with van der Waals surface area (Å²) < 4.78 is 46.6. The number of rotatable bonds is 11. The second-order valence-corrected chi connectivity index (χ2v) is 7.85. The Kier molecular flexibility index (Phi) is 8.51. The van der Waals surface area contributed by atoms with E-state index in [9.17, 15) is 18.0 Å². The maximum atomic E-state index is 12.4. The molecular formula is C25H26F3N3O4. The Morgan fingerprint density at radius 2 is 1.54 bits per heavy atom. The van der Waals surface area contributed by atoms with Crippen molar-refractivity contribution in [3.63, 3.8) is 0 Å². The molecule has 0 saturated carbocycles. The van der Waals surface area contributed by atoms with Gasteiger partial charge in [-0.3, -0.25) is 0 Å². The molecule has 0 saturated heterocycles. The first-order valence-electron chi connectivity index (χ1n) is 11.0. The number of aryl methyl sites for hydroxylation is 1. The number of benzene rings is 2. The van der Waals surface area contributed by atoms with E-state index in [1.165, 1.54) is 19.1 Å². The van der Waals surface area contributed by atoms with Crippen LogP contribution >= 0.6 is 0 Å². The molecule has 35 heavy (non-hydrogen) atoms. The normalized spacial score (nSPS) is 12.1. The number of carboxylic acid groups (broad SMARTS) is 1. The van der Waals surface area contributed by atoms with Crippen LogP contribution in [0.15, 0.2) is 60.9 Å². The Morgan fingerprint density at radius 1 is 0.971 bits per heavy atom. The third-order valence-electron chi connectivity index (χ3n) is 5.17. The van der Waals surface area contributed by atoms with Crippen molar-refractivity contribution in [1.29, 1.82) is 0 Å². The number of hydrogen-bond acceptors (Lipinski definition) is 6. The smallest absolute Gasteiger partial charge is 0.479 e. The van der Waals surface area contributed by atoms with Gasteiger partial charge in [0.05, 0.1) is 0 Å². The molecule has 10 heteroatoms. The van der Waals surface area contributed by atoms with Gasteiger partial charge in [-0.2, -0.15) is 0 Å². The number of carboxylic acids is 1. The fraction of sp³-hybridized carbons (Fsp3) is 0.320. The molecule has 0 spiro atoms. The van der Waals surface area contributed by atoms with Gasteiger partial charge < -0.3 is 19.5 Å². The zero-order valence-corrected chi connectivity index (χ0v) is 19.3. The molecule has 0 fully saturated rings. The lowest BCUT2D eigenvalue weighted by Gasteiger charge is -2.23. The number of aliphatic carboxylic acids is 1. The van der Waals surface area contributed by atoms with E-state index in [4.69, 9.17) is 9.84 Å². The second-order valence-electron chi connectivity index (χ2n) is 7.85. The highest BCUT2D eigenvalue weighted by atomic mass is 19.4. The van der Waals surface area contributed by atoms with Gasteiger partial charge in [0.2, 0.25) is 5.95 Å². The first-order chi connectivity index (χ1) is 16.6. The van der Waals surface area contributed by atoms with Crippen LogP contribution in [0.3, 0.4) is 0 Å². The molecule has 7 nitrogen and oxygen atoms in total. The lowest BCUT2D eigenvalue weighted by atomic mass is 10.1. The van der Waals surface area contributed by atoms with E-state index in [0.29, 0.717) is 31.2 Å². The Morgan fingerprint density at radius 3 is 2.09 bits per heavy atom. The van der Waals surface area contributed by atoms with Crippen LogP contribution in [0.5, 0.6) is 11.5 Å². The van der Waals surface area contributed by atoms with Crippen molar-refractivity contribution >= 4 is 11.9 Å². The van der Waals surface area contributed by atoms with Gasteiger partial charge in [-0.05, 0) is 60.7 Å². The minimum atomic E-state index is -4.74. The molecule has 1 heterocycles. The predicted molar refractivity (Wildman–Crippen MR) is 123 cm³/mol. The summed E-state index contributed by atoms with van der Waals surface area (Å²) in [4.78, 5) is 21.8. The molecule has 1 N–H and O–H groups in total. The fourth-order valence-corrected chi connectivity index (χ4v) is 3.21. The topological polar surface area (TPSA) is 84.8 Å². The van der Waals surface area contributed by atoms with Crippen LogP contribution in [0.25, 0.3) is 0 Å². The van der Waals surface area contributed by atoms with Crippen molar-refractivity contribution in [1.82, 2.24) is 9.97 Å². The SMILES string of the molecule is CCc1cnc(N(CCc2ccc(OC(C)C(=O)O)cc2)Cc2ccc(OC(F)(F)F)cc2)nc1. The second kappa shape index (κ2) is 11.5. The Labute approximate surface area is 201 Å². The zero-order chi connectivity index (χ0) is 25.4. The minimum Gasteiger partial charge on any atom is -0.479 e. The number of aromatic nitrogens is 2. The van der Waals surface area contributed by atoms with E-state index in [2.05, 4.69) is 14.7 Å². The van der Waals surface area contributed by atoms with Crippen molar-refractivity contribution in [2.75, 3.05) is 11.4 Å². The molecule has 1 unspecified atom stereocenters. The number of nitrogens with zero attached hydrogens (tertiary/aromatic N) is 3. The highest BCUT2D eigenvalue weighted by Crippen LogP contribution is 2.24. The molecule has 1 aromatic heterocycles. The van der Waals surface area contributed by atoms with E-state index in [0.717, 1.165) is 23.1 Å². The standard InChI is InChI=1S/C25H26F3N3O4/c1-3-18-14-29-24(30-15-18)31(16-20-6-10-22(11-7-20)35-25(26,27)28)13-12-19-4-8-21(9-5-19)34-17(2)23(32)33/h4-11,14-15,17H,3,12-13,16H2,1-2H3,(H,32,33). The first kappa shape index (κ1) is 25.8. The summed E-state index contributed by atoms with van der Waals surface area (Å²) in [5.41, 5.74) is 2.76. The number of carbonyl (C=O) groups is 1. The van der Waals surface area contributed by atoms with Gasteiger partial charge in [-0.25, -0.2) is 14.8 Å². The Bertz CT molecular complexity index is 1090. The van der Waals surface area contributed by atoms with Crippen LogP contribution in [-0.4, -0.2) is 40.1 Å². The summed E-state index contributed by atoms with van der Waals surface area (Å²) in [7, 11) is 0. The van der Waals surface area contributed by atoms with Gasteiger partial charge in [0.1, 0.15) is 11.5 Å². The third kappa shape index (κ3) is 8.16. The van der Waals surface area contributed by atoms with Gasteiger partial charge >= 0.3 is 12.3 Å². The lowest BCUT2D eigenvalue weighted by molar-refractivity contribution is -0.274. The molecule has 0 bridgehead atoms. The summed E-state index contributed by atoms with van der Waals surface area (Å²) >= 11 is 0. The molecular weight excluding hydrogens is 463 g/mol. The summed E-state index contributed by atoms with van der Waals surface area (Å²) in [6, 6.07) is 12.8. The van der Waals surface area contributed by atoms with Crippen molar-refractivity contribution in [2.45, 2.75) is 45.7 Å². The van der Waals surface area contributed by atoms with Crippen LogP contribution in [0.1, 0.15) is 30.5 Å². The van der Waals surface area contributed by atoms with Crippen molar-refractivity contribution in [3.8, 4) is 11.5 Å². The molecule has 3 rings (SSSR count). The third-order valence-corrected chi connectivity index (χ3v) is 5.17. The fourth-order valence-electron chi connectivity index (χ4n) is 3.21. The summed E-state index contributed by atoms with van der Waals surface area (Å²) in [6.07, 6.45) is -0.753. The van der Waals surface area contributed by atoms with Crippen LogP contribution in [-0.2, 0) is 24.2 Å². The van der Waals surface area contributed by atoms with Crippen LogP contribution < -0.4 is 14.4 Å². The molecule has 186 valence electrons. The average molecular weight is 489 g/mol. The number of ether oxygens (including phenoxy) is 2. The Hall–Kier alpha value is -3.82. The van der Waals surface area contributed by atoms with E-state index < -0.39 is 18.4 Å². The molecule has 0 amide bonds. The van der Waals surface area contributed by atoms with Gasteiger partial charge in [0, 0.05) is 25.5 Å². The molecule has 0 aliphatic carbocycles. The molecule has 0 radical (unpaired) electrons. The average Bonchev–Trinajstić information content (AvgIpc) is 2.83. The van der Waals surface area contributed by atoms with Gasteiger partial charge in [0.25, 0.3) is 0 Å². The lowest BCUT2D eigenvalue weighted by Crippen LogP contribution is -2.27. The maximum Gasteiger partial charge on any atom is 0.573 e. The Balaban J connectivity index is 1.71. The van der Waals surface area contributed by atoms with E-state index in [1.807, 2.05) is 24.0 Å². The summed E-state index contributed by atoms with van der Waals surface area (Å²) in [5.74, 6) is -0.360. The zero-order valence-electron chi connectivity index (χ0n) is 19.3. The van der Waals surface area contributed by atoms with Crippen molar-refractivity contribution < 1.29 is 32.5 Å². The first-order valence-corrected chi connectivity index (χ1v) is 11.0. The minimum absolute atomic E-state index is 0.282. The molecule has 1 atom stereocenters. The van der Waals surface area contributed by atoms with Crippen LogP contribution in [0.2, 0.25) is 0 Å². The van der Waals surface area contributed by atoms with Gasteiger partial charge in [-0.15, -0.1) is 13.2 Å². The molecule has 3 aromatic rings. The van der Waals surface area contributed by atoms with E-state index >= 15 is 0 Å². The highest BCUT2D eigenvalue weighted by Gasteiger charge is 2.31. The summed E-state index contributed by atoms with van der Waals surface area (Å²) in [6.45, 7) is 4.39. The molecule has 0 aliphatic rings. The van der Waals surface area contributed by atoms with Gasteiger partial charge in [0.15, 0.2) is 6.10 Å². The number of hydrogen-bond donors (Lipinski definition) is 1. The summed E-state index contributed by atoms with van der Waals surface area (Å²) in [5, 5.41) is 8.97. The quantitative estimate of drug-likeness (QED) is 0.404. The van der Waals surface area contributed by atoms with Crippen LogP contribution in [0, 0.1) is 0 Å². The highest BCUT2D eigenvalue weighted by molar-refractivity contribution is 5.72. The predicted octanol–water partition coefficient (Wildman–Crippen LogP) is 5.04. The van der Waals surface area contributed by atoms with Crippen molar-refractivity contribution in [3.05, 3.63) is 77.6 Å². The monoisotopic (exact) mass is 489 g/mol. The van der Waals surface area contributed by atoms with Gasteiger partial charge in [-0.1, -0.05) is 31.2 Å². The van der Waals surface area contributed by atoms with Crippen molar-refractivity contribution in [2.24, 2.45) is 0 Å². The van der Waals surface area contributed by atoms with E-state index in [1.54, 1.807) is 36.7 Å². The molecule has 0 aliphatic heterocycles. The number of anilines is 1. The maximum absolute atomic E-state index is 12.4. The largest absolute Gasteiger partial charge is 0.573 e.